The molecule has 18 heavy (non-hydrogen) atoms. The summed E-state index contributed by atoms with van der Waals surface area (Å²) in [5, 5.41) is 2.99. The third-order valence-electron chi connectivity index (χ3n) is 1.88. The Labute approximate surface area is 111 Å². The number of hydrogen-bond donors (Lipinski definition) is 2. The molecule has 0 aromatic heterocycles. The first-order valence-corrected chi connectivity index (χ1v) is 5.87. The largest absolute Gasteiger partial charge is 0.447 e. The lowest BCUT2D eigenvalue weighted by atomic mass is 10.2. The summed E-state index contributed by atoms with van der Waals surface area (Å²) in [5.74, 6) is 5.59. The number of rotatable bonds is 2. The molecule has 1 aromatic rings. The van der Waals surface area contributed by atoms with Crippen molar-refractivity contribution in [3.05, 3.63) is 28.8 Å². The van der Waals surface area contributed by atoms with Crippen LogP contribution in [0, 0.1) is 11.8 Å². The van der Waals surface area contributed by atoms with Gasteiger partial charge in [0.05, 0.1) is 23.4 Å². The van der Waals surface area contributed by atoms with E-state index in [2.05, 4.69) is 17.2 Å². The zero-order valence-electron chi connectivity index (χ0n) is 10.3. The number of nitrogens with two attached hydrogens (primary N) is 1. The van der Waals surface area contributed by atoms with Gasteiger partial charge in [-0.25, -0.2) is 4.79 Å². The van der Waals surface area contributed by atoms with Crippen LogP contribution in [0.5, 0.6) is 0 Å². The first-order valence-electron chi connectivity index (χ1n) is 5.49. The van der Waals surface area contributed by atoms with Crippen LogP contribution in [0.1, 0.15) is 19.4 Å². The van der Waals surface area contributed by atoms with Crippen molar-refractivity contribution in [2.45, 2.75) is 20.0 Å². The molecule has 0 aliphatic rings. The molecule has 0 atom stereocenters. The summed E-state index contributed by atoms with van der Waals surface area (Å²) in [4.78, 5) is 11.5. The summed E-state index contributed by atoms with van der Waals surface area (Å²) in [7, 11) is 0. The molecule has 0 saturated heterocycles. The lowest BCUT2D eigenvalue weighted by Crippen LogP contribution is -2.18. The lowest BCUT2D eigenvalue weighted by molar-refractivity contribution is 0.130. The fraction of sp³-hybridized carbons (Fsp3) is 0.308. The molecule has 96 valence electrons. The monoisotopic (exact) mass is 266 g/mol. The predicted octanol–water partition coefficient (Wildman–Crippen LogP) is 2.61. The highest BCUT2D eigenvalue weighted by Gasteiger charge is 2.08. The molecular weight excluding hydrogens is 252 g/mol. The molecule has 3 N–H and O–H groups in total. The molecule has 1 rings (SSSR count). The van der Waals surface area contributed by atoms with E-state index in [1.165, 1.54) is 0 Å². The summed E-state index contributed by atoms with van der Waals surface area (Å²) < 4.78 is 4.97. The van der Waals surface area contributed by atoms with E-state index >= 15 is 0 Å². The summed E-state index contributed by atoms with van der Waals surface area (Å²) in [6.07, 6.45) is -0.736. The Morgan fingerprint density at radius 2 is 2.28 bits per heavy atom. The number of ether oxygens (including phenoxy) is 1. The van der Waals surface area contributed by atoms with Crippen molar-refractivity contribution >= 4 is 23.4 Å². The Kier molecular flexibility index (Phi) is 5.50. The number of nitrogens with one attached hydrogen (secondary N) is 1. The zero-order valence-corrected chi connectivity index (χ0v) is 11.0. The van der Waals surface area contributed by atoms with Gasteiger partial charge in [0.2, 0.25) is 0 Å². The maximum atomic E-state index is 11.5. The van der Waals surface area contributed by atoms with Crippen LogP contribution in [0.2, 0.25) is 5.02 Å². The van der Waals surface area contributed by atoms with Crippen molar-refractivity contribution in [1.82, 2.24) is 0 Å². The van der Waals surface area contributed by atoms with Crippen molar-refractivity contribution in [2.24, 2.45) is 5.73 Å². The van der Waals surface area contributed by atoms with E-state index < -0.39 is 6.09 Å². The highest BCUT2D eigenvalue weighted by atomic mass is 35.5. The number of anilines is 1. The number of carbonyl (C=O) groups is 1. The normalized spacial score (nSPS) is 9.61. The second kappa shape index (κ2) is 6.90. The van der Waals surface area contributed by atoms with Crippen LogP contribution in [0.15, 0.2) is 18.2 Å². The van der Waals surface area contributed by atoms with Crippen LogP contribution in [-0.4, -0.2) is 18.7 Å². The standard InChI is InChI=1S/C13H15ClN2O2/c1-9(2)18-13(17)16-12-8-10(4-3-7-15)5-6-11(12)14/h5-6,8-9H,7,15H2,1-2H3,(H,16,17). The number of halogens is 1. The van der Waals surface area contributed by atoms with Gasteiger partial charge in [0.15, 0.2) is 0 Å². The zero-order chi connectivity index (χ0) is 13.5. The fourth-order valence-corrected chi connectivity index (χ4v) is 1.37. The van der Waals surface area contributed by atoms with Crippen molar-refractivity contribution in [3.8, 4) is 11.8 Å². The topological polar surface area (TPSA) is 64.3 Å². The molecule has 4 nitrogen and oxygen atoms in total. The SMILES string of the molecule is CC(C)OC(=O)Nc1cc(C#CCN)ccc1Cl. The minimum atomic E-state index is -0.546. The molecule has 0 saturated carbocycles. The van der Waals surface area contributed by atoms with Crippen LogP contribution in [0.25, 0.3) is 0 Å². The highest BCUT2D eigenvalue weighted by Crippen LogP contribution is 2.23. The highest BCUT2D eigenvalue weighted by molar-refractivity contribution is 6.33. The summed E-state index contributed by atoms with van der Waals surface area (Å²) in [6, 6.07) is 5.09. The maximum Gasteiger partial charge on any atom is 0.411 e. The van der Waals surface area contributed by atoms with Crippen molar-refractivity contribution in [2.75, 3.05) is 11.9 Å². The molecule has 1 amide bonds. The molecule has 0 bridgehead atoms. The van der Waals surface area contributed by atoms with Gasteiger partial charge in [-0.05, 0) is 32.0 Å². The molecule has 0 fully saturated rings. The van der Waals surface area contributed by atoms with Gasteiger partial charge in [-0.3, -0.25) is 5.32 Å². The van der Waals surface area contributed by atoms with E-state index in [9.17, 15) is 4.79 Å². The number of benzene rings is 1. The van der Waals surface area contributed by atoms with Gasteiger partial charge in [-0.1, -0.05) is 23.4 Å². The van der Waals surface area contributed by atoms with Gasteiger partial charge in [-0.15, -0.1) is 0 Å². The molecular formula is C13H15ClN2O2. The molecule has 0 radical (unpaired) electrons. The van der Waals surface area contributed by atoms with Crippen molar-refractivity contribution in [1.29, 1.82) is 0 Å². The molecule has 1 aromatic carbocycles. The number of hydrogen-bond acceptors (Lipinski definition) is 3. The molecule has 0 heterocycles. The first-order chi connectivity index (χ1) is 8.52. The molecule has 5 heteroatoms. The van der Waals surface area contributed by atoms with Crippen LogP contribution in [0.4, 0.5) is 10.5 Å². The molecule has 0 aliphatic carbocycles. The van der Waals surface area contributed by atoms with E-state index in [1.807, 2.05) is 0 Å². The quantitative estimate of drug-likeness (QED) is 0.809. The lowest BCUT2D eigenvalue weighted by Gasteiger charge is -2.10. The Morgan fingerprint density at radius 1 is 1.56 bits per heavy atom. The Bertz CT molecular complexity index is 489. The molecule has 0 spiro atoms. The third kappa shape index (κ3) is 4.66. The van der Waals surface area contributed by atoms with Crippen LogP contribution in [0.3, 0.4) is 0 Å². The Balaban J connectivity index is 2.84. The van der Waals surface area contributed by atoms with Gasteiger partial charge in [-0.2, -0.15) is 0 Å². The van der Waals surface area contributed by atoms with E-state index in [4.69, 9.17) is 22.1 Å². The molecule has 0 unspecified atom stereocenters. The number of carbonyl (C=O) groups excluding carboxylic acids is 1. The number of amides is 1. The average Bonchev–Trinajstić information content (AvgIpc) is 2.29. The summed E-state index contributed by atoms with van der Waals surface area (Å²) in [5.41, 5.74) is 6.48. The van der Waals surface area contributed by atoms with Crippen molar-refractivity contribution in [3.63, 3.8) is 0 Å². The minimum absolute atomic E-state index is 0.191. The summed E-state index contributed by atoms with van der Waals surface area (Å²) >= 11 is 5.97. The minimum Gasteiger partial charge on any atom is -0.447 e. The van der Waals surface area contributed by atoms with Gasteiger partial charge >= 0.3 is 6.09 Å². The fourth-order valence-electron chi connectivity index (χ4n) is 1.21. The van der Waals surface area contributed by atoms with Crippen LogP contribution >= 0.6 is 11.6 Å². The summed E-state index contributed by atoms with van der Waals surface area (Å²) in [6.45, 7) is 3.81. The Morgan fingerprint density at radius 3 is 2.89 bits per heavy atom. The van der Waals surface area contributed by atoms with Gasteiger partial charge in [0, 0.05) is 5.56 Å². The third-order valence-corrected chi connectivity index (χ3v) is 2.21. The van der Waals surface area contributed by atoms with Gasteiger partial charge < -0.3 is 10.5 Å². The predicted molar refractivity (Wildman–Crippen MR) is 72.6 cm³/mol. The van der Waals surface area contributed by atoms with Gasteiger partial charge in [0.25, 0.3) is 0 Å². The van der Waals surface area contributed by atoms with Crippen LogP contribution < -0.4 is 11.1 Å². The molecule has 0 aliphatic heterocycles. The maximum absolute atomic E-state index is 11.5. The second-order valence-electron chi connectivity index (χ2n) is 3.78. The van der Waals surface area contributed by atoms with E-state index in [1.54, 1.807) is 32.0 Å². The van der Waals surface area contributed by atoms with E-state index in [-0.39, 0.29) is 12.6 Å². The first kappa shape index (κ1) is 14.4. The van der Waals surface area contributed by atoms with Gasteiger partial charge in [0.1, 0.15) is 0 Å². The second-order valence-corrected chi connectivity index (χ2v) is 4.19. The van der Waals surface area contributed by atoms with Crippen molar-refractivity contribution < 1.29 is 9.53 Å². The van der Waals surface area contributed by atoms with Crippen LogP contribution in [-0.2, 0) is 4.74 Å². The van der Waals surface area contributed by atoms with E-state index in [0.717, 1.165) is 5.56 Å². The average molecular weight is 267 g/mol. The Hall–Kier alpha value is -1.70. The smallest absolute Gasteiger partial charge is 0.411 e. The van der Waals surface area contributed by atoms with E-state index in [0.29, 0.717) is 10.7 Å².